The van der Waals surface area contributed by atoms with Crippen LogP contribution in [-0.4, -0.2) is 49.1 Å². The fourth-order valence-electron chi connectivity index (χ4n) is 3.99. The Kier molecular flexibility index (Phi) is 4.42. The summed E-state index contributed by atoms with van der Waals surface area (Å²) in [6.45, 7) is 3.34. The van der Waals surface area contributed by atoms with Crippen molar-refractivity contribution in [1.29, 1.82) is 0 Å². The first-order valence-electron chi connectivity index (χ1n) is 9.84. The third-order valence-electron chi connectivity index (χ3n) is 5.56. The molecule has 152 valence electrons. The summed E-state index contributed by atoms with van der Waals surface area (Å²) < 4.78 is 7.21. The Morgan fingerprint density at radius 1 is 1.23 bits per heavy atom. The van der Waals surface area contributed by atoms with Gasteiger partial charge in [0.05, 0.1) is 11.9 Å². The van der Waals surface area contributed by atoms with Crippen molar-refractivity contribution >= 4 is 12.1 Å². The summed E-state index contributed by atoms with van der Waals surface area (Å²) in [6, 6.07) is 9.42. The second kappa shape index (κ2) is 7.25. The van der Waals surface area contributed by atoms with E-state index in [0.717, 1.165) is 36.1 Å². The lowest BCUT2D eigenvalue weighted by Gasteiger charge is -2.29. The van der Waals surface area contributed by atoms with Crippen LogP contribution in [0.15, 0.2) is 45.8 Å². The Labute approximate surface area is 171 Å². The number of H-pyrrole nitrogens is 1. The number of nitrogens with zero attached hydrogens (tertiary/aromatic N) is 5. The highest BCUT2D eigenvalue weighted by molar-refractivity contribution is 5.72. The van der Waals surface area contributed by atoms with Gasteiger partial charge in [0.2, 0.25) is 12.2 Å². The number of carbonyl (C=O) groups is 1. The normalized spacial score (nSPS) is 15.0. The number of rotatable bonds is 4. The lowest BCUT2D eigenvalue weighted by atomic mass is 9.93. The monoisotopic (exact) mass is 404 g/mol. The predicted octanol–water partition coefficient (Wildman–Crippen LogP) is 2.38. The number of nitrogens with one attached hydrogen (secondary N) is 1. The van der Waals surface area contributed by atoms with Crippen LogP contribution in [0, 0.1) is 6.92 Å². The molecule has 1 aliphatic heterocycles. The fraction of sp³-hybridized carbons (Fsp3) is 0.286. The molecule has 3 aromatic heterocycles. The highest BCUT2D eigenvalue weighted by atomic mass is 16.5. The van der Waals surface area contributed by atoms with Crippen molar-refractivity contribution in [3.8, 4) is 22.8 Å². The summed E-state index contributed by atoms with van der Waals surface area (Å²) >= 11 is 0. The van der Waals surface area contributed by atoms with Gasteiger partial charge in [0, 0.05) is 30.6 Å². The number of likely N-dealkylation sites (tertiary alicyclic amines) is 1. The van der Waals surface area contributed by atoms with Gasteiger partial charge in [-0.2, -0.15) is 10.1 Å². The molecule has 0 atom stereocenters. The summed E-state index contributed by atoms with van der Waals surface area (Å²) in [5, 5.41) is 8.57. The van der Waals surface area contributed by atoms with Crippen LogP contribution in [0.4, 0.5) is 0 Å². The summed E-state index contributed by atoms with van der Waals surface area (Å²) in [4.78, 5) is 32.5. The Balaban J connectivity index is 1.54. The van der Waals surface area contributed by atoms with Crippen LogP contribution in [0.3, 0.4) is 0 Å². The smallest absolute Gasteiger partial charge is 0.263 e. The van der Waals surface area contributed by atoms with Crippen LogP contribution in [0.25, 0.3) is 28.5 Å². The van der Waals surface area contributed by atoms with Gasteiger partial charge in [-0.25, -0.2) is 4.52 Å². The first-order chi connectivity index (χ1) is 14.6. The van der Waals surface area contributed by atoms with Gasteiger partial charge in [-0.1, -0.05) is 28.9 Å². The molecule has 30 heavy (non-hydrogen) atoms. The average molecular weight is 404 g/mol. The number of carbonyl (C=O) groups excluding carboxylic acids is 1. The van der Waals surface area contributed by atoms with Crippen molar-refractivity contribution in [2.75, 3.05) is 13.1 Å². The SMILES string of the molecule is Cc1cccc(-c2noc(-c3cnn4c(C5CCN(C=O)CC5)cc(=O)[nH]c34)n2)c1. The zero-order chi connectivity index (χ0) is 20.7. The van der Waals surface area contributed by atoms with Crippen molar-refractivity contribution in [3.63, 3.8) is 0 Å². The van der Waals surface area contributed by atoms with Gasteiger partial charge < -0.3 is 14.4 Å². The van der Waals surface area contributed by atoms with E-state index in [-0.39, 0.29) is 11.5 Å². The van der Waals surface area contributed by atoms with Gasteiger partial charge in [0.1, 0.15) is 11.2 Å². The molecule has 0 spiro atoms. The number of hydrogen-bond acceptors (Lipinski definition) is 6. The van der Waals surface area contributed by atoms with Gasteiger partial charge in [-0.3, -0.25) is 9.59 Å². The molecular weight excluding hydrogens is 384 g/mol. The molecule has 5 rings (SSSR count). The van der Waals surface area contributed by atoms with Crippen LogP contribution in [-0.2, 0) is 4.79 Å². The van der Waals surface area contributed by atoms with Crippen LogP contribution in [0.1, 0.15) is 30.0 Å². The molecule has 4 aromatic rings. The molecule has 1 aromatic carbocycles. The van der Waals surface area contributed by atoms with E-state index < -0.39 is 0 Å². The molecule has 4 heterocycles. The minimum Gasteiger partial charge on any atom is -0.345 e. The van der Waals surface area contributed by atoms with Crippen LogP contribution < -0.4 is 5.56 Å². The predicted molar refractivity (Wildman–Crippen MR) is 109 cm³/mol. The maximum absolute atomic E-state index is 12.4. The van der Waals surface area contributed by atoms with Crippen LogP contribution in [0.2, 0.25) is 0 Å². The maximum atomic E-state index is 12.4. The second-order valence-corrected chi connectivity index (χ2v) is 7.59. The van der Waals surface area contributed by atoms with Crippen LogP contribution in [0.5, 0.6) is 0 Å². The van der Waals surface area contributed by atoms with Gasteiger partial charge in [0.15, 0.2) is 0 Å². The van der Waals surface area contributed by atoms with E-state index >= 15 is 0 Å². The van der Waals surface area contributed by atoms with E-state index in [1.54, 1.807) is 21.7 Å². The maximum Gasteiger partial charge on any atom is 0.263 e. The van der Waals surface area contributed by atoms with Gasteiger partial charge in [-0.05, 0) is 25.8 Å². The largest absolute Gasteiger partial charge is 0.345 e. The highest BCUT2D eigenvalue weighted by Gasteiger charge is 2.24. The average Bonchev–Trinajstić information content (AvgIpc) is 3.40. The van der Waals surface area contributed by atoms with Crippen LogP contribution >= 0.6 is 0 Å². The molecule has 0 bridgehead atoms. The minimum absolute atomic E-state index is 0.143. The molecule has 1 fully saturated rings. The molecule has 1 aliphatic rings. The third-order valence-corrected chi connectivity index (χ3v) is 5.56. The van der Waals surface area contributed by atoms with E-state index in [4.69, 9.17) is 4.52 Å². The topological polar surface area (TPSA) is 109 Å². The molecule has 0 aliphatic carbocycles. The lowest BCUT2D eigenvalue weighted by Crippen LogP contribution is -2.32. The van der Waals surface area contributed by atoms with E-state index in [0.29, 0.717) is 36.0 Å². The van der Waals surface area contributed by atoms with E-state index in [1.807, 2.05) is 31.2 Å². The van der Waals surface area contributed by atoms with Crippen molar-refractivity contribution < 1.29 is 9.32 Å². The fourth-order valence-corrected chi connectivity index (χ4v) is 3.99. The number of hydrogen-bond donors (Lipinski definition) is 1. The number of fused-ring (bicyclic) bond motifs is 1. The number of amides is 1. The number of benzene rings is 1. The Morgan fingerprint density at radius 3 is 2.83 bits per heavy atom. The molecule has 1 saturated heterocycles. The molecular formula is C21H20N6O3. The van der Waals surface area contributed by atoms with Crippen molar-refractivity contribution in [1.82, 2.24) is 29.6 Å². The molecule has 1 amide bonds. The van der Waals surface area contributed by atoms with Crippen molar-refractivity contribution in [2.24, 2.45) is 0 Å². The number of piperidine rings is 1. The lowest BCUT2D eigenvalue weighted by molar-refractivity contribution is -0.119. The molecule has 9 nitrogen and oxygen atoms in total. The van der Waals surface area contributed by atoms with Gasteiger partial charge in [0.25, 0.3) is 11.4 Å². The summed E-state index contributed by atoms with van der Waals surface area (Å²) in [5.41, 5.74) is 3.67. The molecule has 1 N–H and O–H groups in total. The first-order valence-corrected chi connectivity index (χ1v) is 9.84. The van der Waals surface area contributed by atoms with Gasteiger partial charge in [-0.15, -0.1) is 0 Å². The zero-order valence-electron chi connectivity index (χ0n) is 16.4. The zero-order valence-corrected chi connectivity index (χ0v) is 16.4. The number of aryl methyl sites for hydroxylation is 1. The summed E-state index contributed by atoms with van der Waals surface area (Å²) in [7, 11) is 0. The Morgan fingerprint density at radius 2 is 2.07 bits per heavy atom. The first kappa shape index (κ1) is 18.3. The molecule has 0 radical (unpaired) electrons. The summed E-state index contributed by atoms with van der Waals surface area (Å²) in [5.74, 6) is 0.919. The second-order valence-electron chi connectivity index (χ2n) is 7.59. The minimum atomic E-state index is -0.213. The summed E-state index contributed by atoms with van der Waals surface area (Å²) in [6.07, 6.45) is 4.06. The van der Waals surface area contributed by atoms with Crippen molar-refractivity contribution in [3.05, 3.63) is 58.1 Å². The Bertz CT molecular complexity index is 1280. The van der Waals surface area contributed by atoms with Gasteiger partial charge >= 0.3 is 0 Å². The van der Waals surface area contributed by atoms with E-state index in [1.165, 1.54) is 0 Å². The van der Waals surface area contributed by atoms with Crippen molar-refractivity contribution in [2.45, 2.75) is 25.7 Å². The van der Waals surface area contributed by atoms with E-state index in [2.05, 4.69) is 20.2 Å². The Hall–Kier alpha value is -3.75. The molecule has 9 heteroatoms. The molecule has 0 unspecified atom stereocenters. The third kappa shape index (κ3) is 3.18. The molecule has 0 saturated carbocycles. The highest BCUT2D eigenvalue weighted by Crippen LogP contribution is 2.30. The number of aromatic nitrogens is 5. The standard InChI is InChI=1S/C21H20N6O3/c1-13-3-2-4-15(9-13)19-24-21(30-25-19)16-11-22-27-17(10-18(29)23-20(16)27)14-5-7-26(12-28)8-6-14/h2-4,9-12,14H,5-8H2,1H3,(H,23,29). The van der Waals surface area contributed by atoms with E-state index in [9.17, 15) is 9.59 Å². The number of aromatic amines is 1. The quantitative estimate of drug-likeness (QED) is 0.523.